The lowest BCUT2D eigenvalue weighted by atomic mass is 9.55. The van der Waals surface area contributed by atoms with E-state index in [0.29, 0.717) is 0 Å². The molecule has 0 heterocycles. The van der Waals surface area contributed by atoms with Crippen molar-refractivity contribution in [2.24, 2.45) is 17.6 Å². The number of nitrogens with two attached hydrogens (primary N) is 1. The Morgan fingerprint density at radius 1 is 1.21 bits per heavy atom. The van der Waals surface area contributed by atoms with Gasteiger partial charge in [0, 0.05) is 17.4 Å². The molecular weight excluding hydrogens is 436 g/mol. The number of carbonyl (C=O) groups excluding carboxylic acids is 4. The Hall–Kier alpha value is -3.70. The first-order chi connectivity index (χ1) is 15.5. The molecule has 0 bridgehead atoms. The highest BCUT2D eigenvalue weighted by Gasteiger charge is 2.65. The van der Waals surface area contributed by atoms with E-state index in [-0.39, 0.29) is 17.5 Å². The van der Waals surface area contributed by atoms with Crippen molar-refractivity contribution in [2.75, 3.05) is 14.2 Å². The highest BCUT2D eigenvalue weighted by Crippen LogP contribution is 2.55. The smallest absolute Gasteiger partial charge is 0.313 e. The second-order valence-electron chi connectivity index (χ2n) is 8.27. The van der Waals surface area contributed by atoms with Crippen LogP contribution in [0.15, 0.2) is 35.1 Å². The third-order valence-electron chi connectivity index (χ3n) is 6.85. The van der Waals surface area contributed by atoms with Gasteiger partial charge in [0.15, 0.2) is 11.4 Å². The molecule has 1 amide bonds. The molecule has 0 aliphatic heterocycles. The number of rotatable bonds is 3. The van der Waals surface area contributed by atoms with Crippen LogP contribution in [0.25, 0.3) is 5.76 Å². The van der Waals surface area contributed by atoms with Crippen LogP contribution in [0.2, 0.25) is 0 Å². The van der Waals surface area contributed by atoms with Crippen molar-refractivity contribution < 1.29 is 44.3 Å². The van der Waals surface area contributed by atoms with Crippen LogP contribution in [-0.4, -0.2) is 69.7 Å². The first-order valence-corrected chi connectivity index (χ1v) is 10.1. The Morgan fingerprint density at radius 2 is 1.88 bits per heavy atom. The topological polar surface area (TPSA) is 196 Å². The number of likely N-dealkylation sites (N-methyl/N-ethyl adjacent to an activating group) is 1. The van der Waals surface area contributed by atoms with Gasteiger partial charge in [0.1, 0.15) is 22.8 Å². The zero-order valence-corrected chi connectivity index (χ0v) is 17.7. The van der Waals surface area contributed by atoms with Crippen molar-refractivity contribution in [3.8, 4) is 5.75 Å². The van der Waals surface area contributed by atoms with Gasteiger partial charge in [-0.1, -0.05) is 12.1 Å². The van der Waals surface area contributed by atoms with Gasteiger partial charge >= 0.3 is 5.97 Å². The third kappa shape index (κ3) is 2.75. The molecule has 174 valence electrons. The lowest BCUT2D eigenvalue weighted by molar-refractivity contribution is -0.152. The van der Waals surface area contributed by atoms with E-state index in [1.165, 1.54) is 25.2 Å². The van der Waals surface area contributed by atoms with Crippen LogP contribution in [-0.2, 0) is 23.9 Å². The van der Waals surface area contributed by atoms with Gasteiger partial charge in [-0.25, -0.2) is 0 Å². The average Bonchev–Trinajstić information content (AvgIpc) is 2.76. The van der Waals surface area contributed by atoms with E-state index >= 15 is 0 Å². The zero-order chi connectivity index (χ0) is 24.4. The Morgan fingerprint density at radius 3 is 2.45 bits per heavy atom. The molecule has 0 aromatic heterocycles. The number of benzene rings is 1. The quantitative estimate of drug-likeness (QED) is 0.250. The fraction of sp³-hybridized carbons (Fsp3) is 0.364. The Labute approximate surface area is 187 Å². The largest absolute Gasteiger partial charge is 0.508 e. The number of phenols is 1. The fourth-order valence-electron chi connectivity index (χ4n) is 5.41. The summed E-state index contributed by atoms with van der Waals surface area (Å²) in [6.45, 7) is 0. The zero-order valence-electron chi connectivity index (χ0n) is 17.7. The number of hydrogen-bond donors (Lipinski definition) is 6. The number of primary amides is 1. The summed E-state index contributed by atoms with van der Waals surface area (Å²) in [5.74, 6) is -10.1. The molecule has 0 radical (unpaired) electrons. The van der Waals surface area contributed by atoms with Crippen LogP contribution >= 0.6 is 0 Å². The SMILES string of the molecule is CN[C@@H]1C(=O)C(C(N)=O)=C(O)[C@@]2(O)C(=O)C3=C(O)c4c(O)cccc4[C@@H](C(=O)OC)[C@H]3C[C@@H]12. The molecule has 1 aromatic carbocycles. The maximum absolute atomic E-state index is 13.7. The summed E-state index contributed by atoms with van der Waals surface area (Å²) < 4.78 is 4.91. The van der Waals surface area contributed by atoms with E-state index in [2.05, 4.69) is 5.32 Å². The lowest BCUT2D eigenvalue weighted by Crippen LogP contribution is -2.66. The molecule has 3 aliphatic carbocycles. The summed E-state index contributed by atoms with van der Waals surface area (Å²) in [5.41, 5.74) is 1.10. The standard InChI is InChI=1S/C22H22N2O9/c1-24-15-9-6-8-11(21(31)33-2)7-4-3-5-10(25)12(7)16(26)13(8)18(28)22(9,32)19(29)14(17(15)27)20(23)30/h3-5,8-9,11,15,24-26,29,32H,6H2,1-2H3,(H2,23,30)/t8-,9+,11-,15+,22+/m1/s1. The summed E-state index contributed by atoms with van der Waals surface area (Å²) >= 11 is 0. The van der Waals surface area contributed by atoms with Crippen molar-refractivity contribution in [2.45, 2.75) is 24.0 Å². The molecule has 1 saturated carbocycles. The monoisotopic (exact) mass is 458 g/mol. The summed E-state index contributed by atoms with van der Waals surface area (Å²) in [7, 11) is 2.50. The van der Waals surface area contributed by atoms with Crippen LogP contribution in [0.1, 0.15) is 23.5 Å². The molecule has 33 heavy (non-hydrogen) atoms. The van der Waals surface area contributed by atoms with Crippen molar-refractivity contribution in [3.63, 3.8) is 0 Å². The summed E-state index contributed by atoms with van der Waals surface area (Å²) in [4.78, 5) is 51.2. The highest BCUT2D eigenvalue weighted by atomic mass is 16.5. The Bertz CT molecular complexity index is 1180. The molecule has 0 unspecified atom stereocenters. The maximum atomic E-state index is 13.7. The first kappa shape index (κ1) is 22.5. The summed E-state index contributed by atoms with van der Waals surface area (Å²) in [5, 5.41) is 46.1. The van der Waals surface area contributed by atoms with Crippen molar-refractivity contribution in [1.82, 2.24) is 5.32 Å². The minimum absolute atomic E-state index is 0.190. The minimum Gasteiger partial charge on any atom is -0.508 e. The number of hydrogen-bond acceptors (Lipinski definition) is 10. The lowest BCUT2D eigenvalue weighted by Gasteiger charge is -2.50. The van der Waals surface area contributed by atoms with Gasteiger partial charge < -0.3 is 36.2 Å². The number of Topliss-reactive ketones (excluding diaryl/α,β-unsaturated/α-hetero) is 2. The van der Waals surface area contributed by atoms with Crippen molar-refractivity contribution in [1.29, 1.82) is 0 Å². The predicted molar refractivity (Wildman–Crippen MR) is 111 cm³/mol. The number of nitrogens with one attached hydrogen (secondary N) is 1. The van der Waals surface area contributed by atoms with Gasteiger partial charge in [-0.2, -0.15) is 0 Å². The van der Waals surface area contributed by atoms with Crippen molar-refractivity contribution >= 4 is 29.2 Å². The molecule has 1 aromatic rings. The number of methoxy groups -OCH3 is 1. The Kier molecular flexibility index (Phi) is 5.06. The molecule has 0 saturated heterocycles. The number of ether oxygens (including phenoxy) is 1. The predicted octanol–water partition coefficient (Wildman–Crippen LogP) is -0.664. The minimum atomic E-state index is -2.78. The van der Waals surface area contributed by atoms with E-state index in [1.807, 2.05) is 0 Å². The number of amides is 1. The average molecular weight is 458 g/mol. The Balaban J connectivity index is 2.04. The van der Waals surface area contributed by atoms with Gasteiger partial charge in [-0.05, 0) is 25.1 Å². The number of aliphatic hydroxyl groups is 3. The molecule has 3 aliphatic rings. The van der Waals surface area contributed by atoms with E-state index < -0.39 is 81.3 Å². The number of fused-ring (bicyclic) bond motifs is 3. The second-order valence-corrected chi connectivity index (χ2v) is 8.27. The number of aromatic hydroxyl groups is 1. The summed E-state index contributed by atoms with van der Waals surface area (Å²) in [6.07, 6.45) is -0.232. The molecule has 5 atom stereocenters. The number of phenolic OH excluding ortho intramolecular Hbond substituents is 1. The van der Waals surface area contributed by atoms with Crippen LogP contribution in [0.5, 0.6) is 5.75 Å². The van der Waals surface area contributed by atoms with Gasteiger partial charge in [0.05, 0.1) is 24.6 Å². The van der Waals surface area contributed by atoms with E-state index in [1.54, 1.807) is 0 Å². The summed E-state index contributed by atoms with van der Waals surface area (Å²) in [6, 6.07) is 2.88. The first-order valence-electron chi connectivity index (χ1n) is 10.1. The third-order valence-corrected chi connectivity index (χ3v) is 6.85. The van der Waals surface area contributed by atoms with E-state index in [4.69, 9.17) is 10.5 Å². The number of ketones is 2. The molecule has 4 rings (SSSR count). The molecule has 11 heteroatoms. The molecule has 0 spiro atoms. The second kappa shape index (κ2) is 7.42. The molecular formula is C22H22N2O9. The molecule has 11 nitrogen and oxygen atoms in total. The van der Waals surface area contributed by atoms with Crippen LogP contribution in [0.3, 0.4) is 0 Å². The van der Waals surface area contributed by atoms with Gasteiger partial charge in [0.25, 0.3) is 5.91 Å². The van der Waals surface area contributed by atoms with Gasteiger partial charge in [-0.3, -0.25) is 19.2 Å². The highest BCUT2D eigenvalue weighted by molar-refractivity contribution is 6.24. The molecule has 1 fully saturated rings. The number of esters is 1. The number of carbonyl (C=O) groups is 4. The van der Waals surface area contributed by atoms with Crippen LogP contribution in [0.4, 0.5) is 0 Å². The normalized spacial score (nSPS) is 31.0. The number of aliphatic hydroxyl groups excluding tert-OH is 2. The molecule has 7 N–H and O–H groups in total. The fourth-order valence-corrected chi connectivity index (χ4v) is 5.41. The van der Waals surface area contributed by atoms with E-state index in [9.17, 15) is 39.6 Å². The van der Waals surface area contributed by atoms with E-state index in [0.717, 1.165) is 7.11 Å². The van der Waals surface area contributed by atoms with Crippen LogP contribution < -0.4 is 11.1 Å². The van der Waals surface area contributed by atoms with Gasteiger partial charge in [-0.15, -0.1) is 0 Å². The maximum Gasteiger partial charge on any atom is 0.313 e. The van der Waals surface area contributed by atoms with Crippen molar-refractivity contribution in [3.05, 3.63) is 46.2 Å². The van der Waals surface area contributed by atoms with Gasteiger partial charge in [0.2, 0.25) is 5.78 Å². The van der Waals surface area contributed by atoms with Crippen LogP contribution in [0, 0.1) is 11.8 Å².